The van der Waals surface area contributed by atoms with Crippen molar-refractivity contribution in [3.8, 4) is 0 Å². The van der Waals surface area contributed by atoms with Gasteiger partial charge in [0.05, 0.1) is 0 Å². The molecule has 3 N–H and O–H groups in total. The first kappa shape index (κ1) is 14.8. The number of carbonyl (C=O) groups excluding carboxylic acids is 1. The minimum Gasteiger partial charge on any atom is -0.480 e. The van der Waals surface area contributed by atoms with Gasteiger partial charge in [0.2, 0.25) is 0 Å². The van der Waals surface area contributed by atoms with Crippen LogP contribution < -0.4 is 10.6 Å². The van der Waals surface area contributed by atoms with Crippen LogP contribution in [0.3, 0.4) is 0 Å². The Balaban J connectivity index is 2.45. The van der Waals surface area contributed by atoms with Crippen molar-refractivity contribution in [3.05, 3.63) is 0 Å². The predicted molar refractivity (Wildman–Crippen MR) is 68.5 cm³/mol. The highest BCUT2D eigenvalue weighted by atomic mass is 16.4. The molecule has 1 saturated heterocycles. The third-order valence-electron chi connectivity index (χ3n) is 3.07. The smallest absolute Gasteiger partial charge is 0.326 e. The quantitative estimate of drug-likeness (QED) is 0.675. The summed E-state index contributed by atoms with van der Waals surface area (Å²) in [6.07, 6.45) is 3.12. The van der Waals surface area contributed by atoms with Crippen LogP contribution in [0.2, 0.25) is 0 Å². The van der Waals surface area contributed by atoms with Gasteiger partial charge in [-0.25, -0.2) is 9.59 Å². The van der Waals surface area contributed by atoms with E-state index < -0.39 is 12.0 Å². The summed E-state index contributed by atoms with van der Waals surface area (Å²) >= 11 is 0. The number of aliphatic carboxylic acids is 1. The summed E-state index contributed by atoms with van der Waals surface area (Å²) in [6, 6.07) is -1.03. The largest absolute Gasteiger partial charge is 0.480 e. The number of hydrogen-bond donors (Lipinski definition) is 3. The number of nitrogens with zero attached hydrogens (tertiary/aromatic N) is 1. The van der Waals surface area contributed by atoms with Gasteiger partial charge >= 0.3 is 12.0 Å². The topological polar surface area (TPSA) is 81.7 Å². The average Bonchev–Trinajstić information content (AvgIpc) is 2.62. The fourth-order valence-electron chi connectivity index (χ4n) is 1.95. The van der Waals surface area contributed by atoms with Crippen LogP contribution in [0.5, 0.6) is 0 Å². The second kappa shape index (κ2) is 7.92. The van der Waals surface area contributed by atoms with Gasteiger partial charge in [0, 0.05) is 19.6 Å². The lowest BCUT2D eigenvalue weighted by Gasteiger charge is -2.23. The highest BCUT2D eigenvalue weighted by molar-refractivity contribution is 5.82. The molecule has 1 unspecified atom stereocenters. The van der Waals surface area contributed by atoms with E-state index in [9.17, 15) is 9.59 Å². The van der Waals surface area contributed by atoms with Gasteiger partial charge in [0.15, 0.2) is 0 Å². The van der Waals surface area contributed by atoms with E-state index in [4.69, 9.17) is 5.11 Å². The Morgan fingerprint density at radius 2 is 2.17 bits per heavy atom. The molecule has 0 bridgehead atoms. The zero-order valence-corrected chi connectivity index (χ0v) is 10.9. The zero-order valence-electron chi connectivity index (χ0n) is 10.9. The number of hydrogen-bond acceptors (Lipinski definition) is 3. The van der Waals surface area contributed by atoms with Gasteiger partial charge in [-0.2, -0.15) is 0 Å². The van der Waals surface area contributed by atoms with E-state index in [0.29, 0.717) is 19.5 Å². The molecule has 0 aromatic carbocycles. The fraction of sp³-hybridized carbons (Fsp3) is 0.833. The van der Waals surface area contributed by atoms with E-state index in [1.807, 2.05) is 6.92 Å². The molecule has 1 heterocycles. The van der Waals surface area contributed by atoms with Crippen LogP contribution in [0.1, 0.15) is 32.6 Å². The van der Waals surface area contributed by atoms with Crippen molar-refractivity contribution in [2.45, 2.75) is 38.6 Å². The number of urea groups is 1. The maximum Gasteiger partial charge on any atom is 0.326 e. The Hall–Kier alpha value is -1.30. The van der Waals surface area contributed by atoms with E-state index in [1.54, 1.807) is 4.90 Å². The Labute approximate surface area is 108 Å². The molecule has 0 radical (unpaired) electrons. The van der Waals surface area contributed by atoms with Crippen LogP contribution in [0.4, 0.5) is 4.79 Å². The van der Waals surface area contributed by atoms with E-state index in [1.165, 1.54) is 0 Å². The summed E-state index contributed by atoms with van der Waals surface area (Å²) in [7, 11) is 0. The van der Waals surface area contributed by atoms with E-state index in [0.717, 1.165) is 32.4 Å². The van der Waals surface area contributed by atoms with Crippen LogP contribution in [0, 0.1) is 0 Å². The van der Waals surface area contributed by atoms with Crippen molar-refractivity contribution in [1.29, 1.82) is 0 Å². The third-order valence-corrected chi connectivity index (χ3v) is 3.07. The molecule has 0 aromatic heterocycles. The van der Waals surface area contributed by atoms with Crippen LogP contribution in [0.25, 0.3) is 0 Å². The van der Waals surface area contributed by atoms with Gasteiger partial charge in [-0.3, -0.25) is 0 Å². The number of amides is 2. The molecular weight excluding hydrogens is 234 g/mol. The SMILES string of the molecule is CCCCC(NC(=O)N1CCCNCC1)C(=O)O. The Morgan fingerprint density at radius 1 is 1.39 bits per heavy atom. The van der Waals surface area contributed by atoms with Gasteiger partial charge in [-0.15, -0.1) is 0 Å². The monoisotopic (exact) mass is 257 g/mol. The Morgan fingerprint density at radius 3 is 2.83 bits per heavy atom. The molecule has 1 rings (SSSR count). The summed E-state index contributed by atoms with van der Waals surface area (Å²) in [5, 5.41) is 14.9. The lowest BCUT2D eigenvalue weighted by Crippen LogP contribution is -2.48. The van der Waals surface area contributed by atoms with Gasteiger partial charge in [-0.1, -0.05) is 19.8 Å². The van der Waals surface area contributed by atoms with Crippen LogP contribution in [0.15, 0.2) is 0 Å². The lowest BCUT2D eigenvalue weighted by atomic mass is 10.1. The fourth-order valence-corrected chi connectivity index (χ4v) is 1.95. The average molecular weight is 257 g/mol. The number of carboxylic acids is 1. The third kappa shape index (κ3) is 4.91. The molecule has 1 aliphatic heterocycles. The van der Waals surface area contributed by atoms with Gasteiger partial charge < -0.3 is 20.6 Å². The maximum atomic E-state index is 12.0. The molecule has 0 aliphatic carbocycles. The second-order valence-electron chi connectivity index (χ2n) is 4.57. The number of rotatable bonds is 5. The summed E-state index contributed by atoms with van der Waals surface area (Å²) in [5.41, 5.74) is 0. The van der Waals surface area contributed by atoms with E-state index in [-0.39, 0.29) is 6.03 Å². The van der Waals surface area contributed by atoms with Gasteiger partial charge in [-0.05, 0) is 19.4 Å². The van der Waals surface area contributed by atoms with Crippen LogP contribution >= 0.6 is 0 Å². The van der Waals surface area contributed by atoms with Crippen molar-refractivity contribution >= 4 is 12.0 Å². The zero-order chi connectivity index (χ0) is 13.4. The maximum absolute atomic E-state index is 12.0. The first-order valence-corrected chi connectivity index (χ1v) is 6.64. The molecule has 6 nitrogen and oxygen atoms in total. The minimum absolute atomic E-state index is 0.262. The van der Waals surface area contributed by atoms with Crippen molar-refractivity contribution in [2.75, 3.05) is 26.2 Å². The van der Waals surface area contributed by atoms with Crippen LogP contribution in [-0.2, 0) is 4.79 Å². The predicted octanol–water partition coefficient (Wildman–Crippen LogP) is 0.635. The molecule has 18 heavy (non-hydrogen) atoms. The number of carbonyl (C=O) groups is 2. The molecule has 6 heteroatoms. The number of carboxylic acid groups (broad SMARTS) is 1. The van der Waals surface area contributed by atoms with E-state index >= 15 is 0 Å². The Bertz CT molecular complexity index is 276. The highest BCUT2D eigenvalue weighted by Gasteiger charge is 2.22. The highest BCUT2D eigenvalue weighted by Crippen LogP contribution is 2.03. The van der Waals surface area contributed by atoms with Crippen molar-refractivity contribution in [1.82, 2.24) is 15.5 Å². The van der Waals surface area contributed by atoms with Crippen molar-refractivity contribution in [3.63, 3.8) is 0 Å². The number of nitrogens with one attached hydrogen (secondary N) is 2. The molecule has 0 spiro atoms. The summed E-state index contributed by atoms with van der Waals surface area (Å²) in [6.45, 7) is 4.98. The summed E-state index contributed by atoms with van der Waals surface area (Å²) < 4.78 is 0. The number of unbranched alkanes of at least 4 members (excludes halogenated alkanes) is 1. The molecule has 104 valence electrons. The molecule has 1 fully saturated rings. The van der Waals surface area contributed by atoms with Crippen LogP contribution in [-0.4, -0.2) is 54.2 Å². The first-order valence-electron chi connectivity index (χ1n) is 6.64. The molecule has 1 aliphatic rings. The second-order valence-corrected chi connectivity index (χ2v) is 4.57. The Kier molecular flexibility index (Phi) is 6.49. The van der Waals surface area contributed by atoms with Gasteiger partial charge in [0.25, 0.3) is 0 Å². The molecule has 0 aromatic rings. The molecule has 2 amide bonds. The van der Waals surface area contributed by atoms with Gasteiger partial charge in [0.1, 0.15) is 6.04 Å². The molecule has 0 saturated carbocycles. The molecule has 1 atom stereocenters. The minimum atomic E-state index is -0.954. The molecular formula is C12H23N3O3. The normalized spacial score (nSPS) is 17.9. The first-order chi connectivity index (χ1) is 8.65. The van der Waals surface area contributed by atoms with Crippen molar-refractivity contribution < 1.29 is 14.7 Å². The lowest BCUT2D eigenvalue weighted by molar-refractivity contribution is -0.139. The summed E-state index contributed by atoms with van der Waals surface area (Å²) in [4.78, 5) is 24.7. The van der Waals surface area contributed by atoms with Crippen molar-refractivity contribution in [2.24, 2.45) is 0 Å². The standard InChI is InChI=1S/C12H23N3O3/c1-2-3-5-10(11(16)17)14-12(18)15-8-4-6-13-7-9-15/h10,13H,2-9H2,1H3,(H,14,18)(H,16,17). The summed E-state index contributed by atoms with van der Waals surface area (Å²) in [5.74, 6) is -0.954. The van der Waals surface area contributed by atoms with E-state index in [2.05, 4.69) is 10.6 Å².